The number of carboxylic acid groups (broad SMARTS) is 1. The first-order chi connectivity index (χ1) is 10.1. The lowest BCUT2D eigenvalue weighted by molar-refractivity contribution is -0.138. The highest BCUT2D eigenvalue weighted by molar-refractivity contribution is 5.94. The van der Waals surface area contributed by atoms with E-state index in [-0.39, 0.29) is 18.2 Å². The third-order valence-electron chi connectivity index (χ3n) is 4.38. The zero-order valence-corrected chi connectivity index (χ0v) is 12.0. The molecule has 0 aliphatic carbocycles. The van der Waals surface area contributed by atoms with Crippen LogP contribution in [0.3, 0.4) is 0 Å². The highest BCUT2D eigenvalue weighted by Crippen LogP contribution is 2.23. The first-order valence-corrected chi connectivity index (χ1v) is 7.47. The van der Waals surface area contributed by atoms with Gasteiger partial charge in [-0.2, -0.15) is 0 Å². The average Bonchev–Trinajstić information content (AvgIpc) is 2.93. The number of likely N-dealkylation sites (tertiary alicyclic amines) is 1. The standard InChI is InChI=1S/C16H20N2O3/c19-15(20)7-11-4-6-18(10-11)16(21)13-2-1-12-3-5-17-9-14(12)8-13/h1-2,8,11,17H,3-7,9-10H2,(H,19,20). The van der Waals surface area contributed by atoms with Crippen molar-refractivity contribution in [3.63, 3.8) is 0 Å². The number of benzene rings is 1. The van der Waals surface area contributed by atoms with Crippen LogP contribution in [0.2, 0.25) is 0 Å². The van der Waals surface area contributed by atoms with Gasteiger partial charge in [0, 0.05) is 31.6 Å². The van der Waals surface area contributed by atoms with Gasteiger partial charge in [0.25, 0.3) is 5.91 Å². The van der Waals surface area contributed by atoms with Crippen molar-refractivity contribution in [1.82, 2.24) is 10.2 Å². The molecule has 1 saturated heterocycles. The zero-order valence-electron chi connectivity index (χ0n) is 12.0. The van der Waals surface area contributed by atoms with Crippen LogP contribution in [0, 0.1) is 5.92 Å². The molecule has 3 rings (SSSR count). The van der Waals surface area contributed by atoms with Crippen LogP contribution in [0.25, 0.3) is 0 Å². The molecule has 0 radical (unpaired) electrons. The van der Waals surface area contributed by atoms with Crippen LogP contribution in [0.4, 0.5) is 0 Å². The summed E-state index contributed by atoms with van der Waals surface area (Å²) in [7, 11) is 0. The van der Waals surface area contributed by atoms with Gasteiger partial charge in [0.05, 0.1) is 0 Å². The van der Waals surface area contributed by atoms with Crippen molar-refractivity contribution in [2.75, 3.05) is 19.6 Å². The molecule has 0 spiro atoms. The summed E-state index contributed by atoms with van der Waals surface area (Å²) in [5.41, 5.74) is 3.23. The van der Waals surface area contributed by atoms with Gasteiger partial charge in [0.1, 0.15) is 0 Å². The first-order valence-electron chi connectivity index (χ1n) is 7.47. The second-order valence-corrected chi connectivity index (χ2v) is 5.91. The van der Waals surface area contributed by atoms with Crippen molar-refractivity contribution in [3.8, 4) is 0 Å². The summed E-state index contributed by atoms with van der Waals surface area (Å²) >= 11 is 0. The molecule has 21 heavy (non-hydrogen) atoms. The summed E-state index contributed by atoms with van der Waals surface area (Å²) in [5, 5.41) is 12.2. The van der Waals surface area contributed by atoms with Gasteiger partial charge in [0.2, 0.25) is 0 Å². The molecule has 1 aromatic carbocycles. The van der Waals surface area contributed by atoms with E-state index in [4.69, 9.17) is 5.11 Å². The summed E-state index contributed by atoms with van der Waals surface area (Å²) in [4.78, 5) is 25.1. The number of carbonyl (C=O) groups is 2. The van der Waals surface area contributed by atoms with E-state index in [9.17, 15) is 9.59 Å². The second kappa shape index (κ2) is 5.85. The molecule has 1 fully saturated rings. The van der Waals surface area contributed by atoms with E-state index in [1.54, 1.807) is 4.90 Å². The molecule has 0 aromatic heterocycles. The Morgan fingerprint density at radius 1 is 1.33 bits per heavy atom. The molecule has 1 aromatic rings. The molecule has 1 atom stereocenters. The fraction of sp³-hybridized carbons (Fsp3) is 0.500. The Kier molecular flexibility index (Phi) is 3.92. The Morgan fingerprint density at radius 2 is 2.19 bits per heavy atom. The van der Waals surface area contributed by atoms with E-state index in [2.05, 4.69) is 5.32 Å². The second-order valence-electron chi connectivity index (χ2n) is 5.91. The minimum Gasteiger partial charge on any atom is -0.481 e. The van der Waals surface area contributed by atoms with Crippen LogP contribution >= 0.6 is 0 Å². The molecule has 2 aliphatic rings. The number of carbonyl (C=O) groups excluding carboxylic acids is 1. The maximum Gasteiger partial charge on any atom is 0.303 e. The van der Waals surface area contributed by atoms with Crippen molar-refractivity contribution in [1.29, 1.82) is 0 Å². The minimum atomic E-state index is -0.783. The Balaban J connectivity index is 1.70. The van der Waals surface area contributed by atoms with E-state index < -0.39 is 5.97 Å². The third-order valence-corrected chi connectivity index (χ3v) is 4.38. The van der Waals surface area contributed by atoms with E-state index in [1.165, 1.54) is 11.1 Å². The van der Waals surface area contributed by atoms with Crippen molar-refractivity contribution >= 4 is 11.9 Å². The van der Waals surface area contributed by atoms with Gasteiger partial charge in [-0.1, -0.05) is 6.07 Å². The minimum absolute atomic E-state index is 0.0243. The van der Waals surface area contributed by atoms with Crippen LogP contribution < -0.4 is 5.32 Å². The molecule has 112 valence electrons. The Hall–Kier alpha value is -1.88. The normalized spacial score (nSPS) is 21.1. The molecule has 2 N–H and O–H groups in total. The van der Waals surface area contributed by atoms with Gasteiger partial charge in [-0.15, -0.1) is 0 Å². The van der Waals surface area contributed by atoms with E-state index in [0.717, 1.165) is 25.9 Å². The molecule has 0 bridgehead atoms. The summed E-state index contributed by atoms with van der Waals surface area (Å²) in [6, 6.07) is 5.93. The summed E-state index contributed by atoms with van der Waals surface area (Å²) < 4.78 is 0. The molecule has 5 nitrogen and oxygen atoms in total. The van der Waals surface area contributed by atoms with Crippen molar-refractivity contribution < 1.29 is 14.7 Å². The third kappa shape index (κ3) is 3.08. The predicted molar refractivity (Wildman–Crippen MR) is 78.1 cm³/mol. The number of aliphatic carboxylic acids is 1. The lowest BCUT2D eigenvalue weighted by Crippen LogP contribution is -2.30. The van der Waals surface area contributed by atoms with Crippen molar-refractivity contribution in [2.45, 2.75) is 25.8 Å². The quantitative estimate of drug-likeness (QED) is 0.879. The number of nitrogens with one attached hydrogen (secondary N) is 1. The fourth-order valence-electron chi connectivity index (χ4n) is 3.23. The van der Waals surface area contributed by atoms with Crippen molar-refractivity contribution in [2.24, 2.45) is 5.92 Å². The van der Waals surface area contributed by atoms with Gasteiger partial charge in [-0.3, -0.25) is 9.59 Å². The largest absolute Gasteiger partial charge is 0.481 e. The molecular formula is C16H20N2O3. The first kappa shape index (κ1) is 14.1. The number of fused-ring (bicyclic) bond motifs is 1. The molecule has 2 aliphatic heterocycles. The number of hydrogen-bond acceptors (Lipinski definition) is 3. The number of nitrogens with zero attached hydrogens (tertiary/aromatic N) is 1. The Bertz CT molecular complexity index is 571. The highest BCUT2D eigenvalue weighted by atomic mass is 16.4. The monoisotopic (exact) mass is 288 g/mol. The van der Waals surface area contributed by atoms with E-state index in [1.807, 2.05) is 18.2 Å². The molecular weight excluding hydrogens is 268 g/mol. The van der Waals surface area contributed by atoms with Crippen LogP contribution in [0.1, 0.15) is 34.3 Å². The molecule has 0 saturated carbocycles. The molecule has 5 heteroatoms. The number of amides is 1. The lowest BCUT2D eigenvalue weighted by atomic mass is 9.98. The lowest BCUT2D eigenvalue weighted by Gasteiger charge is -2.20. The van der Waals surface area contributed by atoms with Gasteiger partial charge >= 0.3 is 5.97 Å². The van der Waals surface area contributed by atoms with Gasteiger partial charge < -0.3 is 15.3 Å². The van der Waals surface area contributed by atoms with Gasteiger partial charge in [-0.05, 0) is 48.6 Å². The summed E-state index contributed by atoms with van der Waals surface area (Å²) in [6.45, 7) is 3.02. The van der Waals surface area contributed by atoms with E-state index >= 15 is 0 Å². The number of rotatable bonds is 3. The van der Waals surface area contributed by atoms with Gasteiger partial charge in [-0.25, -0.2) is 0 Å². The smallest absolute Gasteiger partial charge is 0.303 e. The van der Waals surface area contributed by atoms with Crippen molar-refractivity contribution in [3.05, 3.63) is 34.9 Å². The highest BCUT2D eigenvalue weighted by Gasteiger charge is 2.28. The maximum absolute atomic E-state index is 12.5. The van der Waals surface area contributed by atoms with Crippen LogP contribution in [-0.2, 0) is 17.8 Å². The molecule has 2 heterocycles. The Morgan fingerprint density at radius 3 is 3.00 bits per heavy atom. The van der Waals surface area contributed by atoms with Gasteiger partial charge in [0.15, 0.2) is 0 Å². The summed E-state index contributed by atoms with van der Waals surface area (Å²) in [5.74, 6) is -0.670. The topological polar surface area (TPSA) is 69.6 Å². The average molecular weight is 288 g/mol. The maximum atomic E-state index is 12.5. The number of hydrogen-bond donors (Lipinski definition) is 2. The zero-order chi connectivity index (χ0) is 14.8. The Labute approximate surface area is 123 Å². The molecule has 1 amide bonds. The van der Waals surface area contributed by atoms with Crippen LogP contribution in [-0.4, -0.2) is 41.5 Å². The number of carboxylic acids is 1. The van der Waals surface area contributed by atoms with Crippen LogP contribution in [0.5, 0.6) is 0 Å². The molecule has 1 unspecified atom stereocenters. The fourth-order valence-corrected chi connectivity index (χ4v) is 3.23. The predicted octanol–water partition coefficient (Wildman–Crippen LogP) is 1.27. The SMILES string of the molecule is O=C(O)CC1CCN(C(=O)c2ccc3c(c2)CNCC3)C1. The summed E-state index contributed by atoms with van der Waals surface area (Å²) in [6.07, 6.45) is 1.94. The van der Waals surface area contributed by atoms with E-state index in [0.29, 0.717) is 18.7 Å². The van der Waals surface area contributed by atoms with Crippen LogP contribution in [0.15, 0.2) is 18.2 Å².